The minimum atomic E-state index is 0.431. The molecule has 0 aliphatic carbocycles. The highest BCUT2D eigenvalue weighted by atomic mass is 32.1. The van der Waals surface area contributed by atoms with E-state index >= 15 is 0 Å². The van der Waals surface area contributed by atoms with E-state index in [1.807, 2.05) is 11.3 Å². The van der Waals surface area contributed by atoms with Crippen molar-refractivity contribution in [1.29, 1.82) is 0 Å². The largest absolute Gasteiger partial charge is 0.305 e. The third-order valence-electron chi connectivity index (χ3n) is 2.91. The molecular formula is C15H19NS. The molecule has 0 aliphatic heterocycles. The smallest absolute Gasteiger partial charge is 0.0388 e. The van der Waals surface area contributed by atoms with Gasteiger partial charge in [0.1, 0.15) is 0 Å². The summed E-state index contributed by atoms with van der Waals surface area (Å²) < 4.78 is 0. The van der Waals surface area contributed by atoms with Gasteiger partial charge in [-0.1, -0.05) is 37.3 Å². The van der Waals surface area contributed by atoms with Gasteiger partial charge < -0.3 is 5.32 Å². The second kappa shape index (κ2) is 5.99. The first-order chi connectivity index (χ1) is 8.29. The molecule has 0 aliphatic rings. The molecule has 1 aromatic carbocycles. The molecule has 90 valence electrons. The lowest BCUT2D eigenvalue weighted by atomic mass is 10.2. The van der Waals surface area contributed by atoms with E-state index in [9.17, 15) is 0 Å². The topological polar surface area (TPSA) is 12.0 Å². The number of thiophene rings is 1. The molecule has 0 radical (unpaired) electrons. The lowest BCUT2D eigenvalue weighted by molar-refractivity contribution is 0.583. The zero-order valence-electron chi connectivity index (χ0n) is 10.4. The Morgan fingerprint density at radius 1 is 1.12 bits per heavy atom. The average Bonchev–Trinajstić information content (AvgIpc) is 2.86. The van der Waals surface area contributed by atoms with Crippen molar-refractivity contribution in [3.63, 3.8) is 0 Å². The van der Waals surface area contributed by atoms with E-state index < -0.39 is 0 Å². The van der Waals surface area contributed by atoms with Crippen LogP contribution in [0.15, 0.2) is 42.5 Å². The fourth-order valence-electron chi connectivity index (χ4n) is 1.78. The SMILES string of the molecule is CCc1ccc(C(C)NCc2ccccc2)s1. The summed E-state index contributed by atoms with van der Waals surface area (Å²) in [4.78, 5) is 2.89. The number of aryl methyl sites for hydroxylation is 1. The predicted molar refractivity (Wildman–Crippen MR) is 75.4 cm³/mol. The van der Waals surface area contributed by atoms with Crippen molar-refractivity contribution < 1.29 is 0 Å². The Bertz CT molecular complexity index is 447. The molecule has 1 heterocycles. The van der Waals surface area contributed by atoms with E-state index in [4.69, 9.17) is 0 Å². The van der Waals surface area contributed by atoms with Gasteiger partial charge in [-0.15, -0.1) is 11.3 Å². The zero-order valence-corrected chi connectivity index (χ0v) is 11.3. The van der Waals surface area contributed by atoms with Crippen molar-refractivity contribution in [3.8, 4) is 0 Å². The molecule has 0 fully saturated rings. The number of rotatable bonds is 5. The van der Waals surface area contributed by atoms with Crippen molar-refractivity contribution in [3.05, 3.63) is 57.8 Å². The molecular weight excluding hydrogens is 226 g/mol. The highest BCUT2D eigenvalue weighted by Crippen LogP contribution is 2.23. The molecule has 0 saturated heterocycles. The normalized spacial score (nSPS) is 12.6. The van der Waals surface area contributed by atoms with E-state index in [0.29, 0.717) is 6.04 Å². The minimum absolute atomic E-state index is 0.431. The first-order valence-electron chi connectivity index (χ1n) is 6.15. The Morgan fingerprint density at radius 3 is 2.53 bits per heavy atom. The molecule has 1 unspecified atom stereocenters. The molecule has 17 heavy (non-hydrogen) atoms. The monoisotopic (exact) mass is 245 g/mol. The summed E-state index contributed by atoms with van der Waals surface area (Å²) in [6, 6.07) is 15.5. The standard InChI is InChI=1S/C15H19NS/c1-3-14-9-10-15(17-14)12(2)16-11-13-7-5-4-6-8-13/h4-10,12,16H,3,11H2,1-2H3. The molecule has 0 saturated carbocycles. The van der Waals surface area contributed by atoms with Gasteiger partial charge in [0.2, 0.25) is 0 Å². The Morgan fingerprint density at radius 2 is 1.88 bits per heavy atom. The van der Waals surface area contributed by atoms with Gasteiger partial charge in [-0.2, -0.15) is 0 Å². The maximum absolute atomic E-state index is 3.56. The van der Waals surface area contributed by atoms with Crippen LogP contribution in [0.5, 0.6) is 0 Å². The van der Waals surface area contributed by atoms with E-state index in [1.165, 1.54) is 15.3 Å². The van der Waals surface area contributed by atoms with Crippen molar-refractivity contribution in [2.24, 2.45) is 0 Å². The minimum Gasteiger partial charge on any atom is -0.305 e. The second-order valence-corrected chi connectivity index (χ2v) is 5.45. The van der Waals surface area contributed by atoms with Crippen LogP contribution < -0.4 is 5.32 Å². The van der Waals surface area contributed by atoms with E-state index in [0.717, 1.165) is 13.0 Å². The van der Waals surface area contributed by atoms with E-state index in [-0.39, 0.29) is 0 Å². The Labute approximate surface area is 108 Å². The van der Waals surface area contributed by atoms with Crippen LogP contribution in [0.25, 0.3) is 0 Å². The fourth-order valence-corrected chi connectivity index (χ4v) is 2.76. The number of nitrogens with one attached hydrogen (secondary N) is 1. The molecule has 0 amide bonds. The zero-order chi connectivity index (χ0) is 12.1. The van der Waals surface area contributed by atoms with Gasteiger partial charge in [0, 0.05) is 22.3 Å². The molecule has 2 aromatic rings. The van der Waals surface area contributed by atoms with Gasteiger partial charge in [0.05, 0.1) is 0 Å². The van der Waals surface area contributed by atoms with Crippen LogP contribution in [0, 0.1) is 0 Å². The number of benzene rings is 1. The second-order valence-electron chi connectivity index (χ2n) is 4.25. The Kier molecular flexibility index (Phi) is 4.35. The maximum atomic E-state index is 3.56. The predicted octanol–water partition coefficient (Wildman–Crippen LogP) is 4.16. The molecule has 1 aromatic heterocycles. The summed E-state index contributed by atoms with van der Waals surface area (Å²) in [7, 11) is 0. The lowest BCUT2D eigenvalue weighted by Crippen LogP contribution is -2.16. The van der Waals surface area contributed by atoms with Crippen LogP contribution >= 0.6 is 11.3 Å². The average molecular weight is 245 g/mol. The molecule has 2 rings (SSSR count). The molecule has 1 atom stereocenters. The highest BCUT2D eigenvalue weighted by molar-refractivity contribution is 7.12. The maximum Gasteiger partial charge on any atom is 0.0388 e. The summed E-state index contributed by atoms with van der Waals surface area (Å²) >= 11 is 1.91. The number of hydrogen-bond donors (Lipinski definition) is 1. The first-order valence-corrected chi connectivity index (χ1v) is 6.97. The van der Waals surface area contributed by atoms with Gasteiger partial charge in [0.15, 0.2) is 0 Å². The van der Waals surface area contributed by atoms with Crippen LogP contribution in [-0.2, 0) is 13.0 Å². The van der Waals surface area contributed by atoms with E-state index in [1.54, 1.807) is 0 Å². The third-order valence-corrected chi connectivity index (χ3v) is 4.33. The van der Waals surface area contributed by atoms with Crippen molar-refractivity contribution in [1.82, 2.24) is 5.32 Å². The summed E-state index contributed by atoms with van der Waals surface area (Å²) in [6.07, 6.45) is 1.13. The van der Waals surface area contributed by atoms with Crippen LogP contribution in [0.1, 0.15) is 35.2 Å². The van der Waals surface area contributed by atoms with Crippen molar-refractivity contribution in [2.75, 3.05) is 0 Å². The van der Waals surface area contributed by atoms with Gasteiger partial charge >= 0.3 is 0 Å². The molecule has 2 heteroatoms. The number of hydrogen-bond acceptors (Lipinski definition) is 2. The quantitative estimate of drug-likeness (QED) is 0.834. The summed E-state index contributed by atoms with van der Waals surface area (Å²) in [5.74, 6) is 0. The van der Waals surface area contributed by atoms with Gasteiger partial charge in [-0.3, -0.25) is 0 Å². The Balaban J connectivity index is 1.91. The Hall–Kier alpha value is -1.12. The molecule has 0 spiro atoms. The van der Waals surface area contributed by atoms with Crippen LogP contribution in [0.4, 0.5) is 0 Å². The fraction of sp³-hybridized carbons (Fsp3) is 0.333. The van der Waals surface area contributed by atoms with Gasteiger partial charge in [0.25, 0.3) is 0 Å². The van der Waals surface area contributed by atoms with Gasteiger partial charge in [-0.25, -0.2) is 0 Å². The lowest BCUT2D eigenvalue weighted by Gasteiger charge is -2.11. The van der Waals surface area contributed by atoms with Gasteiger partial charge in [-0.05, 0) is 31.0 Å². The van der Waals surface area contributed by atoms with E-state index in [2.05, 4.69) is 61.6 Å². The molecule has 1 N–H and O–H groups in total. The third kappa shape index (κ3) is 3.42. The highest BCUT2D eigenvalue weighted by Gasteiger charge is 2.07. The summed E-state index contributed by atoms with van der Waals surface area (Å²) in [6.45, 7) is 5.37. The van der Waals surface area contributed by atoms with Crippen LogP contribution in [-0.4, -0.2) is 0 Å². The molecule has 0 bridgehead atoms. The molecule has 1 nitrogen and oxygen atoms in total. The van der Waals surface area contributed by atoms with Crippen molar-refractivity contribution in [2.45, 2.75) is 32.9 Å². The van der Waals surface area contributed by atoms with Crippen molar-refractivity contribution >= 4 is 11.3 Å². The van der Waals surface area contributed by atoms with Crippen LogP contribution in [0.2, 0.25) is 0 Å². The summed E-state index contributed by atoms with van der Waals surface area (Å²) in [5.41, 5.74) is 1.34. The first kappa shape index (κ1) is 12.3. The summed E-state index contributed by atoms with van der Waals surface area (Å²) in [5, 5.41) is 3.56. The van der Waals surface area contributed by atoms with Crippen LogP contribution in [0.3, 0.4) is 0 Å².